The number of hydrogen-bond donors (Lipinski definition) is 2. The van der Waals surface area contributed by atoms with Crippen molar-refractivity contribution in [2.45, 2.75) is 13.3 Å². The predicted octanol–water partition coefficient (Wildman–Crippen LogP) is 1.05. The summed E-state index contributed by atoms with van der Waals surface area (Å²) < 4.78 is 0.710. The molecule has 1 heterocycles. The van der Waals surface area contributed by atoms with Crippen LogP contribution in [-0.4, -0.2) is 16.1 Å². The first-order chi connectivity index (χ1) is 5.24. The molecule has 0 aliphatic carbocycles. The van der Waals surface area contributed by atoms with Gasteiger partial charge in [-0.25, -0.2) is 0 Å². The van der Waals surface area contributed by atoms with Gasteiger partial charge in [0.2, 0.25) is 0 Å². The Morgan fingerprint density at radius 3 is 2.36 bits per heavy atom. The number of aromatic amines is 2. The highest BCUT2D eigenvalue weighted by Crippen LogP contribution is 1.91. The van der Waals surface area contributed by atoms with E-state index in [4.69, 9.17) is 21.8 Å². The van der Waals surface area contributed by atoms with Crippen molar-refractivity contribution in [2.75, 3.05) is 0 Å². The average Bonchev–Trinajstić information content (AvgIpc) is 2.37. The molecule has 0 amide bonds. The minimum absolute atomic E-state index is 0.250. The maximum atomic E-state index is 8.12. The van der Waals surface area contributed by atoms with Crippen LogP contribution in [0.5, 0.6) is 0 Å². The van der Waals surface area contributed by atoms with E-state index < -0.39 is 0 Å². The third-order valence-corrected chi connectivity index (χ3v) is 1.25. The van der Waals surface area contributed by atoms with Crippen LogP contribution in [-0.2, 0) is 16.0 Å². The number of nitrogens with one attached hydrogen (secondary N) is 2. The molecule has 0 saturated heterocycles. The van der Waals surface area contributed by atoms with Crippen LogP contribution in [0.2, 0.25) is 0 Å². The SMILES string of the molecule is CCc1c[nH]c(=S)[nH]1.O=C=O. The zero-order valence-corrected chi connectivity index (χ0v) is 6.83. The van der Waals surface area contributed by atoms with Crippen molar-refractivity contribution in [3.63, 3.8) is 0 Å². The van der Waals surface area contributed by atoms with E-state index in [1.807, 2.05) is 6.20 Å². The lowest BCUT2D eigenvalue weighted by molar-refractivity contribution is -0.191. The summed E-state index contributed by atoms with van der Waals surface area (Å²) in [7, 11) is 0. The van der Waals surface area contributed by atoms with Gasteiger partial charge in [-0.15, -0.1) is 0 Å². The summed E-state index contributed by atoms with van der Waals surface area (Å²) in [5, 5.41) is 0. The Morgan fingerprint density at radius 1 is 1.64 bits per heavy atom. The molecule has 0 aromatic carbocycles. The van der Waals surface area contributed by atoms with E-state index in [0.717, 1.165) is 12.1 Å². The van der Waals surface area contributed by atoms with Gasteiger partial charge in [0.1, 0.15) is 0 Å². The van der Waals surface area contributed by atoms with Crippen LogP contribution >= 0.6 is 12.2 Å². The molecule has 0 aliphatic heterocycles. The van der Waals surface area contributed by atoms with Crippen LogP contribution in [0.15, 0.2) is 6.20 Å². The van der Waals surface area contributed by atoms with Gasteiger partial charge in [-0.05, 0) is 18.6 Å². The topological polar surface area (TPSA) is 65.7 Å². The summed E-state index contributed by atoms with van der Waals surface area (Å²) in [6.07, 6.45) is 3.15. The van der Waals surface area contributed by atoms with Crippen LogP contribution in [0.25, 0.3) is 0 Å². The maximum Gasteiger partial charge on any atom is 0.373 e. The van der Waals surface area contributed by atoms with E-state index in [1.165, 1.54) is 0 Å². The van der Waals surface area contributed by atoms with Gasteiger partial charge >= 0.3 is 6.15 Å². The van der Waals surface area contributed by atoms with Crippen LogP contribution in [0.1, 0.15) is 12.6 Å². The largest absolute Gasteiger partial charge is 0.373 e. The number of rotatable bonds is 1. The molecule has 0 spiro atoms. The third-order valence-electron chi connectivity index (χ3n) is 1.03. The van der Waals surface area contributed by atoms with Crippen LogP contribution < -0.4 is 0 Å². The van der Waals surface area contributed by atoms with Crippen LogP contribution in [0.4, 0.5) is 0 Å². The lowest BCUT2D eigenvalue weighted by Crippen LogP contribution is -1.74. The van der Waals surface area contributed by atoms with Crippen LogP contribution in [0.3, 0.4) is 0 Å². The van der Waals surface area contributed by atoms with E-state index in [1.54, 1.807) is 0 Å². The van der Waals surface area contributed by atoms with Crippen molar-refractivity contribution in [3.8, 4) is 0 Å². The van der Waals surface area contributed by atoms with Gasteiger partial charge in [0.05, 0.1) is 0 Å². The highest BCUT2D eigenvalue weighted by molar-refractivity contribution is 7.71. The Morgan fingerprint density at radius 2 is 2.18 bits per heavy atom. The first kappa shape index (κ1) is 9.81. The van der Waals surface area contributed by atoms with Gasteiger partial charge in [0.15, 0.2) is 4.77 Å². The minimum atomic E-state index is 0.250. The molecule has 0 aliphatic rings. The quantitative estimate of drug-likeness (QED) is 0.622. The summed E-state index contributed by atoms with van der Waals surface area (Å²) in [4.78, 5) is 22.1. The lowest BCUT2D eigenvalue weighted by atomic mass is 10.4. The summed E-state index contributed by atoms with van der Waals surface area (Å²) in [6.45, 7) is 2.08. The summed E-state index contributed by atoms with van der Waals surface area (Å²) in [5.41, 5.74) is 1.16. The lowest BCUT2D eigenvalue weighted by Gasteiger charge is -1.79. The van der Waals surface area contributed by atoms with Crippen LogP contribution in [0, 0.1) is 4.77 Å². The normalized spacial score (nSPS) is 7.73. The van der Waals surface area contributed by atoms with Gasteiger partial charge in [-0.1, -0.05) is 6.92 Å². The zero-order valence-electron chi connectivity index (χ0n) is 6.01. The molecule has 0 saturated carbocycles. The average molecular weight is 172 g/mol. The van der Waals surface area contributed by atoms with Gasteiger partial charge in [0, 0.05) is 11.9 Å². The zero-order chi connectivity index (χ0) is 8.69. The molecule has 60 valence electrons. The molecule has 0 atom stereocenters. The fraction of sp³-hybridized carbons (Fsp3) is 0.333. The smallest absolute Gasteiger partial charge is 0.337 e. The molecule has 0 fully saturated rings. The van der Waals surface area contributed by atoms with Gasteiger partial charge in [-0.3, -0.25) is 0 Å². The number of aryl methyl sites for hydroxylation is 1. The second kappa shape index (κ2) is 5.58. The molecule has 1 aromatic rings. The Hall–Kier alpha value is -1.19. The molecule has 2 N–H and O–H groups in total. The molecule has 0 unspecified atom stereocenters. The highest BCUT2D eigenvalue weighted by atomic mass is 32.1. The standard InChI is InChI=1S/C5H8N2S.CO2/c1-2-4-3-6-5(8)7-4;2-1-3/h3H,2H2,1H3,(H2,6,7,8);. The second-order valence-corrected chi connectivity index (χ2v) is 2.11. The summed E-state index contributed by atoms with van der Waals surface area (Å²) in [6, 6.07) is 0. The number of hydrogen-bond acceptors (Lipinski definition) is 3. The second-order valence-electron chi connectivity index (χ2n) is 1.70. The molecule has 1 rings (SSSR count). The monoisotopic (exact) mass is 172 g/mol. The van der Waals surface area contributed by atoms with Gasteiger partial charge < -0.3 is 9.97 Å². The van der Waals surface area contributed by atoms with E-state index >= 15 is 0 Å². The van der Waals surface area contributed by atoms with Crippen molar-refractivity contribution >= 4 is 18.4 Å². The molecular weight excluding hydrogens is 164 g/mol. The Balaban J connectivity index is 0.000000292. The highest BCUT2D eigenvalue weighted by Gasteiger charge is 1.84. The van der Waals surface area contributed by atoms with Gasteiger partial charge in [-0.2, -0.15) is 9.59 Å². The van der Waals surface area contributed by atoms with Crippen molar-refractivity contribution in [3.05, 3.63) is 16.7 Å². The Labute approximate surface area is 68.6 Å². The summed E-state index contributed by atoms with van der Waals surface area (Å²) >= 11 is 4.79. The van der Waals surface area contributed by atoms with E-state index in [9.17, 15) is 0 Å². The van der Waals surface area contributed by atoms with E-state index in [2.05, 4.69) is 16.9 Å². The number of imidazole rings is 1. The Kier molecular flexibility index (Phi) is 4.98. The van der Waals surface area contributed by atoms with Crippen molar-refractivity contribution in [2.24, 2.45) is 0 Å². The molecule has 0 bridgehead atoms. The fourth-order valence-corrected chi connectivity index (χ4v) is 0.751. The van der Waals surface area contributed by atoms with Crippen molar-refractivity contribution in [1.29, 1.82) is 0 Å². The molecule has 5 heteroatoms. The number of aromatic nitrogens is 2. The predicted molar refractivity (Wildman–Crippen MR) is 40.4 cm³/mol. The molecule has 11 heavy (non-hydrogen) atoms. The number of H-pyrrole nitrogens is 2. The van der Waals surface area contributed by atoms with Gasteiger partial charge in [0.25, 0.3) is 0 Å². The third kappa shape index (κ3) is 4.25. The molecule has 4 nitrogen and oxygen atoms in total. The number of carbonyl (C=O) groups excluding carboxylic acids is 2. The summed E-state index contributed by atoms with van der Waals surface area (Å²) in [5.74, 6) is 0. The van der Waals surface area contributed by atoms with E-state index in [0.29, 0.717) is 4.77 Å². The minimum Gasteiger partial charge on any atom is -0.337 e. The maximum absolute atomic E-state index is 8.12. The fourth-order valence-electron chi connectivity index (χ4n) is 0.561. The first-order valence-corrected chi connectivity index (χ1v) is 3.41. The molecule has 1 aromatic heterocycles. The Bertz CT molecular complexity index is 283. The first-order valence-electron chi connectivity index (χ1n) is 3.00. The van der Waals surface area contributed by atoms with Crippen molar-refractivity contribution in [1.82, 2.24) is 9.97 Å². The molecular formula is C6H8N2O2S. The van der Waals surface area contributed by atoms with E-state index in [-0.39, 0.29) is 6.15 Å². The molecule has 0 radical (unpaired) electrons. The van der Waals surface area contributed by atoms with Crippen molar-refractivity contribution < 1.29 is 9.59 Å².